The number of ether oxygens (including phenoxy) is 1. The lowest BCUT2D eigenvalue weighted by atomic mass is 10.0. The van der Waals surface area contributed by atoms with Crippen LogP contribution in [0.25, 0.3) is 11.3 Å². The number of benzene rings is 2. The number of thiocarbonyl (C=S) groups is 1. The Hall–Kier alpha value is -3.78. The molecule has 7 nitrogen and oxygen atoms in total. The summed E-state index contributed by atoms with van der Waals surface area (Å²) in [5.41, 5.74) is 7.83. The molecule has 3 rings (SSSR count). The van der Waals surface area contributed by atoms with E-state index < -0.39 is 11.8 Å². The van der Waals surface area contributed by atoms with Crippen molar-refractivity contribution < 1.29 is 14.3 Å². The van der Waals surface area contributed by atoms with Crippen LogP contribution in [0, 0.1) is 0 Å². The third-order valence-electron chi connectivity index (χ3n) is 4.51. The average Bonchev–Trinajstić information content (AvgIpc) is 2.82. The number of hydrazine groups is 1. The number of hydrogen-bond donors (Lipinski definition) is 3. The van der Waals surface area contributed by atoms with Crippen LogP contribution in [-0.4, -0.2) is 28.5 Å². The van der Waals surface area contributed by atoms with Gasteiger partial charge in [-0.2, -0.15) is 0 Å². The molecule has 2 amide bonds. The van der Waals surface area contributed by atoms with E-state index in [1.807, 2.05) is 60.7 Å². The summed E-state index contributed by atoms with van der Waals surface area (Å²) in [6, 6.07) is 22.2. The third-order valence-corrected chi connectivity index (χ3v) is 4.71. The van der Waals surface area contributed by atoms with Crippen molar-refractivity contribution in [3.05, 3.63) is 84.1 Å². The summed E-state index contributed by atoms with van der Waals surface area (Å²) in [6.45, 7) is 4.00. The van der Waals surface area contributed by atoms with E-state index in [0.717, 1.165) is 5.56 Å². The van der Waals surface area contributed by atoms with Crippen LogP contribution in [-0.2, 0) is 4.79 Å². The molecule has 1 aromatic heterocycles. The van der Waals surface area contributed by atoms with Gasteiger partial charge in [0, 0.05) is 5.56 Å². The Morgan fingerprint density at radius 2 is 1.66 bits per heavy atom. The Kier molecular flexibility index (Phi) is 7.88. The van der Waals surface area contributed by atoms with Crippen LogP contribution in [0.3, 0.4) is 0 Å². The van der Waals surface area contributed by atoms with Gasteiger partial charge >= 0.3 is 0 Å². The van der Waals surface area contributed by atoms with Gasteiger partial charge in [0.2, 0.25) is 0 Å². The van der Waals surface area contributed by atoms with Gasteiger partial charge in [-0.1, -0.05) is 62.4 Å². The number of rotatable bonds is 6. The van der Waals surface area contributed by atoms with Gasteiger partial charge in [-0.3, -0.25) is 25.8 Å². The highest BCUT2D eigenvalue weighted by Crippen LogP contribution is 2.18. The molecule has 0 radical (unpaired) electrons. The van der Waals surface area contributed by atoms with Crippen molar-refractivity contribution in [2.75, 3.05) is 6.61 Å². The van der Waals surface area contributed by atoms with Crippen LogP contribution in [0.2, 0.25) is 0 Å². The summed E-state index contributed by atoms with van der Waals surface area (Å²) in [6.07, 6.45) is 0. The highest BCUT2D eigenvalue weighted by atomic mass is 32.1. The number of aromatic nitrogens is 1. The van der Waals surface area contributed by atoms with E-state index in [4.69, 9.17) is 17.0 Å². The maximum absolute atomic E-state index is 12.4. The zero-order valence-electron chi connectivity index (χ0n) is 17.8. The van der Waals surface area contributed by atoms with Crippen LogP contribution >= 0.6 is 12.2 Å². The first kappa shape index (κ1) is 22.9. The van der Waals surface area contributed by atoms with Crippen molar-refractivity contribution >= 4 is 29.1 Å². The number of nitrogens with one attached hydrogen (secondary N) is 3. The molecule has 0 saturated carbocycles. The van der Waals surface area contributed by atoms with Crippen molar-refractivity contribution in [1.29, 1.82) is 0 Å². The standard InChI is InChI=1S/C24H24N4O3S/c1-16(2)17-11-13-19(14-12-17)31-15-22(29)27-28-24(32)26-23(30)21-10-6-9-20(25-21)18-7-4-3-5-8-18/h3-14,16H,15H2,1-2H3,(H,27,29)(H2,26,28,30,32). The SMILES string of the molecule is CC(C)c1ccc(OCC(=O)NNC(=S)NC(=O)c2cccc(-c3ccccc3)n2)cc1. The van der Waals surface area contributed by atoms with Crippen molar-refractivity contribution in [2.45, 2.75) is 19.8 Å². The Bertz CT molecular complexity index is 1090. The second-order valence-corrected chi connectivity index (χ2v) is 7.65. The summed E-state index contributed by atoms with van der Waals surface area (Å²) >= 11 is 5.06. The first-order valence-corrected chi connectivity index (χ1v) is 10.5. The van der Waals surface area contributed by atoms with Gasteiger partial charge in [-0.25, -0.2) is 4.98 Å². The highest BCUT2D eigenvalue weighted by molar-refractivity contribution is 7.80. The van der Waals surface area contributed by atoms with E-state index in [1.54, 1.807) is 12.1 Å². The molecule has 0 aliphatic heterocycles. The van der Waals surface area contributed by atoms with Gasteiger partial charge in [-0.15, -0.1) is 0 Å². The van der Waals surface area contributed by atoms with Crippen molar-refractivity contribution in [2.24, 2.45) is 0 Å². The molecule has 32 heavy (non-hydrogen) atoms. The largest absolute Gasteiger partial charge is 0.484 e. The van der Waals surface area contributed by atoms with E-state index in [0.29, 0.717) is 17.4 Å². The predicted octanol–water partition coefficient (Wildman–Crippen LogP) is 3.59. The molecule has 0 bridgehead atoms. The lowest BCUT2D eigenvalue weighted by molar-refractivity contribution is -0.123. The number of carbonyl (C=O) groups is 2. The zero-order chi connectivity index (χ0) is 22.9. The van der Waals surface area contributed by atoms with Crippen molar-refractivity contribution in [1.82, 2.24) is 21.2 Å². The Balaban J connectivity index is 1.45. The monoisotopic (exact) mass is 448 g/mol. The summed E-state index contributed by atoms with van der Waals surface area (Å²) in [5.74, 6) is 0.0725. The third kappa shape index (κ3) is 6.61. The van der Waals surface area contributed by atoms with Gasteiger partial charge in [0.15, 0.2) is 11.7 Å². The molecular weight excluding hydrogens is 424 g/mol. The van der Waals surface area contributed by atoms with Gasteiger partial charge in [0.1, 0.15) is 11.4 Å². The quantitative estimate of drug-likeness (QED) is 0.394. The molecule has 0 unspecified atom stereocenters. The fourth-order valence-electron chi connectivity index (χ4n) is 2.79. The topological polar surface area (TPSA) is 92.4 Å². The molecule has 0 aliphatic rings. The van der Waals surface area contributed by atoms with E-state index in [1.165, 1.54) is 5.56 Å². The second kappa shape index (κ2) is 11.0. The van der Waals surface area contributed by atoms with Crippen molar-refractivity contribution in [3.8, 4) is 17.0 Å². The van der Waals surface area contributed by atoms with Crippen molar-refractivity contribution in [3.63, 3.8) is 0 Å². The normalized spacial score (nSPS) is 10.3. The summed E-state index contributed by atoms with van der Waals surface area (Å²) in [4.78, 5) is 28.8. The molecule has 0 aliphatic carbocycles. The van der Waals surface area contributed by atoms with E-state index in [2.05, 4.69) is 35.0 Å². The first-order valence-electron chi connectivity index (χ1n) is 10.1. The lowest BCUT2D eigenvalue weighted by Crippen LogP contribution is -2.49. The number of pyridine rings is 1. The van der Waals surface area contributed by atoms with Gasteiger partial charge in [0.25, 0.3) is 11.8 Å². The van der Waals surface area contributed by atoms with Crippen LogP contribution in [0.1, 0.15) is 35.8 Å². The van der Waals surface area contributed by atoms with E-state index in [9.17, 15) is 9.59 Å². The van der Waals surface area contributed by atoms with Crippen LogP contribution in [0.5, 0.6) is 5.75 Å². The maximum atomic E-state index is 12.4. The first-order chi connectivity index (χ1) is 15.4. The molecule has 1 heterocycles. The molecule has 2 aromatic carbocycles. The molecule has 3 N–H and O–H groups in total. The second-order valence-electron chi connectivity index (χ2n) is 7.24. The number of amides is 2. The molecular formula is C24H24N4O3S. The van der Waals surface area contributed by atoms with E-state index in [-0.39, 0.29) is 17.4 Å². The average molecular weight is 449 g/mol. The molecule has 3 aromatic rings. The minimum atomic E-state index is -0.490. The molecule has 0 saturated heterocycles. The molecule has 8 heteroatoms. The van der Waals surface area contributed by atoms with Gasteiger partial charge in [0.05, 0.1) is 5.69 Å². The van der Waals surface area contributed by atoms with Crippen LogP contribution in [0.4, 0.5) is 0 Å². The smallest absolute Gasteiger partial charge is 0.276 e. The number of hydrogen-bond acceptors (Lipinski definition) is 5. The molecule has 0 atom stereocenters. The summed E-state index contributed by atoms with van der Waals surface area (Å²) < 4.78 is 5.45. The fourth-order valence-corrected chi connectivity index (χ4v) is 2.93. The van der Waals surface area contributed by atoms with Gasteiger partial charge < -0.3 is 4.74 Å². The minimum Gasteiger partial charge on any atom is -0.484 e. The lowest BCUT2D eigenvalue weighted by Gasteiger charge is -2.12. The summed E-state index contributed by atoms with van der Waals surface area (Å²) in [5, 5.41) is 2.43. The fraction of sp³-hybridized carbons (Fsp3) is 0.167. The maximum Gasteiger partial charge on any atom is 0.276 e. The predicted molar refractivity (Wildman–Crippen MR) is 127 cm³/mol. The molecule has 0 spiro atoms. The minimum absolute atomic E-state index is 0.0587. The molecule has 0 fully saturated rings. The van der Waals surface area contributed by atoms with Crippen LogP contribution in [0.15, 0.2) is 72.8 Å². The Labute approximate surface area is 192 Å². The summed E-state index contributed by atoms with van der Waals surface area (Å²) in [7, 11) is 0. The Morgan fingerprint density at radius 3 is 2.34 bits per heavy atom. The van der Waals surface area contributed by atoms with E-state index >= 15 is 0 Å². The number of carbonyl (C=O) groups excluding carboxylic acids is 2. The molecule has 164 valence electrons. The number of nitrogens with zero attached hydrogens (tertiary/aromatic N) is 1. The zero-order valence-corrected chi connectivity index (χ0v) is 18.6. The van der Waals surface area contributed by atoms with Crippen LogP contribution < -0.4 is 20.9 Å². The highest BCUT2D eigenvalue weighted by Gasteiger charge is 2.11. The van der Waals surface area contributed by atoms with Gasteiger partial charge in [-0.05, 0) is 48.0 Å². The Morgan fingerprint density at radius 1 is 0.938 bits per heavy atom.